The van der Waals surface area contributed by atoms with Gasteiger partial charge in [0.1, 0.15) is 5.03 Å². The Labute approximate surface area is 157 Å². The van der Waals surface area contributed by atoms with Gasteiger partial charge in [0.2, 0.25) is 0 Å². The maximum atomic E-state index is 12.5. The number of aromatic nitrogens is 1. The number of esters is 1. The van der Waals surface area contributed by atoms with E-state index in [1.165, 1.54) is 29.8 Å². The van der Waals surface area contributed by atoms with Crippen LogP contribution in [0.4, 0.5) is 0 Å². The molecule has 0 radical (unpaired) electrons. The fourth-order valence-electron chi connectivity index (χ4n) is 2.11. The predicted molar refractivity (Wildman–Crippen MR) is 102 cm³/mol. The van der Waals surface area contributed by atoms with E-state index >= 15 is 0 Å². The van der Waals surface area contributed by atoms with Crippen molar-refractivity contribution < 1.29 is 14.3 Å². The van der Waals surface area contributed by atoms with Gasteiger partial charge in [-0.3, -0.25) is 4.79 Å². The number of carbonyl (C=O) groups excluding carboxylic acids is 2. The van der Waals surface area contributed by atoms with Gasteiger partial charge in [0.05, 0.1) is 5.56 Å². The van der Waals surface area contributed by atoms with Crippen molar-refractivity contribution in [2.75, 3.05) is 6.54 Å². The van der Waals surface area contributed by atoms with E-state index < -0.39 is 12.1 Å². The van der Waals surface area contributed by atoms with E-state index in [-0.39, 0.29) is 5.91 Å². The number of nitrogens with one attached hydrogen (secondary N) is 1. The number of ether oxygens (including phenoxy) is 1. The third-order valence-corrected chi connectivity index (χ3v) is 4.77. The van der Waals surface area contributed by atoms with Crippen molar-refractivity contribution in [3.8, 4) is 0 Å². The first-order chi connectivity index (χ1) is 12.4. The lowest BCUT2D eigenvalue weighted by atomic mass is 10.1. The van der Waals surface area contributed by atoms with Crippen molar-refractivity contribution in [1.82, 2.24) is 10.3 Å². The molecule has 0 spiro atoms. The molecular formula is C20H22N2O3S. The van der Waals surface area contributed by atoms with Crippen LogP contribution in [-0.2, 0) is 9.53 Å². The molecule has 2 aromatic rings. The summed E-state index contributed by atoms with van der Waals surface area (Å²) < 4.78 is 5.28. The second kappa shape index (κ2) is 9.20. The van der Waals surface area contributed by atoms with Gasteiger partial charge < -0.3 is 10.1 Å². The molecule has 1 aromatic heterocycles. The molecule has 0 aliphatic heterocycles. The van der Waals surface area contributed by atoms with Crippen LogP contribution in [0.25, 0.3) is 0 Å². The van der Waals surface area contributed by atoms with Gasteiger partial charge in [-0.1, -0.05) is 23.9 Å². The molecule has 0 fully saturated rings. The zero-order valence-electron chi connectivity index (χ0n) is 15.1. The van der Waals surface area contributed by atoms with Crippen LogP contribution in [0, 0.1) is 13.8 Å². The molecule has 136 valence electrons. The lowest BCUT2D eigenvalue weighted by Gasteiger charge is -2.14. The third kappa shape index (κ3) is 5.20. The summed E-state index contributed by atoms with van der Waals surface area (Å²) in [5.41, 5.74) is 2.70. The average molecular weight is 370 g/mol. The Morgan fingerprint density at radius 1 is 1.31 bits per heavy atom. The van der Waals surface area contributed by atoms with Crippen LogP contribution >= 0.6 is 11.8 Å². The van der Waals surface area contributed by atoms with Crippen molar-refractivity contribution in [2.45, 2.75) is 36.8 Å². The summed E-state index contributed by atoms with van der Waals surface area (Å²) >= 11 is 1.39. The number of hydrogen-bond donors (Lipinski definition) is 1. The highest BCUT2D eigenvalue weighted by Crippen LogP contribution is 2.30. The molecule has 26 heavy (non-hydrogen) atoms. The van der Waals surface area contributed by atoms with E-state index in [1.807, 2.05) is 26.0 Å². The molecule has 0 aliphatic rings. The molecule has 2 rings (SSSR count). The Morgan fingerprint density at radius 3 is 2.77 bits per heavy atom. The molecule has 1 atom stereocenters. The van der Waals surface area contributed by atoms with Crippen molar-refractivity contribution in [3.63, 3.8) is 0 Å². The average Bonchev–Trinajstić information content (AvgIpc) is 2.63. The molecule has 6 heteroatoms. The summed E-state index contributed by atoms with van der Waals surface area (Å²) in [6.07, 6.45) is 2.29. The molecule has 5 nitrogen and oxygen atoms in total. The highest BCUT2D eigenvalue weighted by molar-refractivity contribution is 7.99. The number of nitrogens with zero attached hydrogens (tertiary/aromatic N) is 1. The lowest BCUT2D eigenvalue weighted by Crippen LogP contribution is -2.35. The number of aryl methyl sites for hydroxylation is 2. The van der Waals surface area contributed by atoms with E-state index in [4.69, 9.17) is 4.74 Å². The zero-order chi connectivity index (χ0) is 19.1. The first-order valence-electron chi connectivity index (χ1n) is 8.22. The molecule has 1 heterocycles. The van der Waals surface area contributed by atoms with Gasteiger partial charge in [-0.25, -0.2) is 9.78 Å². The van der Waals surface area contributed by atoms with E-state index in [0.717, 1.165) is 4.90 Å². The Hall–Kier alpha value is -2.60. The van der Waals surface area contributed by atoms with E-state index in [2.05, 4.69) is 22.9 Å². The summed E-state index contributed by atoms with van der Waals surface area (Å²) in [5.74, 6) is -0.948. The van der Waals surface area contributed by atoms with Crippen LogP contribution in [0.2, 0.25) is 0 Å². The third-order valence-electron chi connectivity index (χ3n) is 3.76. The maximum absolute atomic E-state index is 12.5. The second-order valence-electron chi connectivity index (χ2n) is 5.79. The van der Waals surface area contributed by atoms with Crippen molar-refractivity contribution in [2.24, 2.45) is 0 Å². The molecule has 1 N–H and O–H groups in total. The van der Waals surface area contributed by atoms with Crippen molar-refractivity contribution >= 4 is 23.6 Å². The van der Waals surface area contributed by atoms with E-state index in [1.54, 1.807) is 24.4 Å². The fourth-order valence-corrected chi connectivity index (χ4v) is 3.08. The fraction of sp³-hybridized carbons (Fsp3) is 0.250. The van der Waals surface area contributed by atoms with Crippen molar-refractivity contribution in [3.05, 3.63) is 65.9 Å². The summed E-state index contributed by atoms with van der Waals surface area (Å²) in [5, 5.41) is 3.14. The summed E-state index contributed by atoms with van der Waals surface area (Å²) in [6.45, 7) is 9.47. The SMILES string of the molecule is C=CCNC(=O)[C@H](C)OC(=O)c1cccnc1Sc1ccc(C)c(C)c1. The van der Waals surface area contributed by atoms with Gasteiger partial charge in [-0.2, -0.15) is 0 Å². The van der Waals surface area contributed by atoms with Crippen LogP contribution < -0.4 is 5.32 Å². The van der Waals surface area contributed by atoms with Crippen LogP contribution in [0.15, 0.2) is 59.1 Å². The lowest BCUT2D eigenvalue weighted by molar-refractivity contribution is -0.128. The summed E-state index contributed by atoms with van der Waals surface area (Å²) in [6, 6.07) is 9.39. The highest BCUT2D eigenvalue weighted by Gasteiger charge is 2.21. The zero-order valence-corrected chi connectivity index (χ0v) is 15.9. The number of benzene rings is 1. The summed E-state index contributed by atoms with van der Waals surface area (Å²) in [7, 11) is 0. The Morgan fingerprint density at radius 2 is 2.08 bits per heavy atom. The molecule has 0 aliphatic carbocycles. The quantitative estimate of drug-likeness (QED) is 0.595. The molecule has 0 unspecified atom stereocenters. The molecule has 1 amide bonds. The monoisotopic (exact) mass is 370 g/mol. The predicted octanol–water partition coefficient (Wildman–Crippen LogP) is 3.70. The molecule has 0 bridgehead atoms. The van der Waals surface area contributed by atoms with Gasteiger partial charge in [0, 0.05) is 17.6 Å². The van der Waals surface area contributed by atoms with Gasteiger partial charge in [0.15, 0.2) is 6.10 Å². The number of hydrogen-bond acceptors (Lipinski definition) is 5. The Bertz CT molecular complexity index is 820. The first kappa shape index (κ1) is 19.7. The number of pyridine rings is 1. The van der Waals surface area contributed by atoms with Crippen LogP contribution in [0.3, 0.4) is 0 Å². The second-order valence-corrected chi connectivity index (χ2v) is 6.85. The maximum Gasteiger partial charge on any atom is 0.341 e. The Kier molecular flexibility index (Phi) is 6.97. The van der Waals surface area contributed by atoms with Crippen LogP contribution in [0.5, 0.6) is 0 Å². The standard InChI is InChI=1S/C20H22N2O3S/c1-5-10-21-18(23)15(4)25-20(24)17-7-6-11-22-19(17)26-16-9-8-13(2)14(3)12-16/h5-9,11-12,15H,1,10H2,2-4H3,(H,21,23)/t15-/m0/s1. The van der Waals surface area contributed by atoms with Crippen LogP contribution in [-0.4, -0.2) is 29.5 Å². The normalized spacial score (nSPS) is 11.5. The largest absolute Gasteiger partial charge is 0.449 e. The topological polar surface area (TPSA) is 68.3 Å². The van der Waals surface area contributed by atoms with Gasteiger partial charge in [-0.15, -0.1) is 6.58 Å². The van der Waals surface area contributed by atoms with Crippen molar-refractivity contribution in [1.29, 1.82) is 0 Å². The smallest absolute Gasteiger partial charge is 0.341 e. The number of carbonyl (C=O) groups is 2. The van der Waals surface area contributed by atoms with E-state index in [0.29, 0.717) is 17.1 Å². The Balaban J connectivity index is 2.14. The van der Waals surface area contributed by atoms with Gasteiger partial charge >= 0.3 is 5.97 Å². The first-order valence-corrected chi connectivity index (χ1v) is 9.03. The number of amides is 1. The van der Waals surface area contributed by atoms with Gasteiger partial charge in [0.25, 0.3) is 5.91 Å². The molecule has 0 saturated carbocycles. The molecule has 1 aromatic carbocycles. The van der Waals surface area contributed by atoms with E-state index in [9.17, 15) is 9.59 Å². The molecular weight excluding hydrogens is 348 g/mol. The number of rotatable bonds is 7. The van der Waals surface area contributed by atoms with Crippen LogP contribution in [0.1, 0.15) is 28.4 Å². The minimum absolute atomic E-state index is 0.321. The highest BCUT2D eigenvalue weighted by atomic mass is 32.2. The summed E-state index contributed by atoms with van der Waals surface area (Å²) in [4.78, 5) is 29.6. The minimum Gasteiger partial charge on any atom is -0.449 e. The molecule has 0 saturated heterocycles. The van der Waals surface area contributed by atoms with Gasteiger partial charge in [-0.05, 0) is 56.2 Å². The minimum atomic E-state index is -0.901.